The first kappa shape index (κ1) is 15.8. The lowest BCUT2D eigenvalue weighted by atomic mass is 10.1. The fourth-order valence-electron chi connectivity index (χ4n) is 2.39. The van der Waals surface area contributed by atoms with E-state index >= 15 is 0 Å². The Hall–Kier alpha value is -2.05. The van der Waals surface area contributed by atoms with E-state index in [2.05, 4.69) is 4.72 Å². The fraction of sp³-hybridized carbons (Fsp3) is 0.294. The molecule has 1 aliphatic heterocycles. The zero-order chi connectivity index (χ0) is 16.4. The van der Waals surface area contributed by atoms with Crippen LogP contribution >= 0.6 is 0 Å². The Kier molecular flexibility index (Phi) is 4.28. The van der Waals surface area contributed by atoms with E-state index < -0.39 is 10.0 Å². The number of aryl methyl sites for hydroxylation is 2. The highest BCUT2D eigenvalue weighted by molar-refractivity contribution is 7.89. The fourth-order valence-corrected chi connectivity index (χ4v) is 3.51. The van der Waals surface area contributed by atoms with E-state index in [1.165, 1.54) is 0 Å². The molecule has 0 bridgehead atoms. The van der Waals surface area contributed by atoms with Crippen molar-refractivity contribution < 1.29 is 17.9 Å². The Labute approximate surface area is 136 Å². The second-order valence-corrected chi connectivity index (χ2v) is 7.35. The molecular formula is C17H19NO4S. The highest BCUT2D eigenvalue weighted by Gasteiger charge is 2.15. The molecule has 0 atom stereocenters. The predicted octanol–water partition coefficient (Wildman–Crippen LogP) is 2.55. The van der Waals surface area contributed by atoms with Crippen LogP contribution in [0.4, 0.5) is 0 Å². The van der Waals surface area contributed by atoms with E-state index in [0.29, 0.717) is 23.6 Å². The zero-order valence-corrected chi connectivity index (χ0v) is 13.9. The summed E-state index contributed by atoms with van der Waals surface area (Å²) >= 11 is 0. The first-order chi connectivity index (χ1) is 11.0. The van der Waals surface area contributed by atoms with E-state index in [9.17, 15) is 8.42 Å². The van der Waals surface area contributed by atoms with Crippen molar-refractivity contribution in [1.29, 1.82) is 0 Å². The largest absolute Gasteiger partial charge is 0.454 e. The highest BCUT2D eigenvalue weighted by Crippen LogP contribution is 2.32. The van der Waals surface area contributed by atoms with Gasteiger partial charge in [0.25, 0.3) is 0 Å². The number of ether oxygens (including phenoxy) is 2. The van der Waals surface area contributed by atoms with Gasteiger partial charge in [-0.05, 0) is 61.2 Å². The number of fused-ring (bicyclic) bond motifs is 1. The van der Waals surface area contributed by atoms with E-state index in [1.807, 2.05) is 38.1 Å². The summed E-state index contributed by atoms with van der Waals surface area (Å²) in [7, 11) is -3.49. The molecule has 0 amide bonds. The zero-order valence-electron chi connectivity index (χ0n) is 13.1. The molecule has 0 aliphatic carbocycles. The van der Waals surface area contributed by atoms with Crippen LogP contribution in [0.15, 0.2) is 41.3 Å². The number of benzene rings is 2. The molecule has 2 aromatic carbocycles. The molecule has 0 aromatic heterocycles. The van der Waals surface area contributed by atoms with Gasteiger partial charge in [0.05, 0.1) is 4.90 Å². The van der Waals surface area contributed by atoms with Crippen molar-refractivity contribution in [3.05, 3.63) is 53.1 Å². The van der Waals surface area contributed by atoms with Crippen LogP contribution in [0, 0.1) is 13.8 Å². The molecule has 1 N–H and O–H groups in total. The van der Waals surface area contributed by atoms with Crippen LogP contribution in [0.5, 0.6) is 11.5 Å². The number of nitrogens with one attached hydrogen (secondary N) is 1. The van der Waals surface area contributed by atoms with Crippen LogP contribution in [0.1, 0.15) is 16.7 Å². The van der Waals surface area contributed by atoms with Crippen LogP contribution in [0.3, 0.4) is 0 Å². The van der Waals surface area contributed by atoms with Crippen LogP contribution in [-0.4, -0.2) is 21.8 Å². The summed E-state index contributed by atoms with van der Waals surface area (Å²) in [6.07, 6.45) is 0.584. The third-order valence-electron chi connectivity index (χ3n) is 3.93. The van der Waals surface area contributed by atoms with Crippen molar-refractivity contribution in [2.75, 3.05) is 13.3 Å². The van der Waals surface area contributed by atoms with Crippen molar-refractivity contribution in [2.45, 2.75) is 25.2 Å². The summed E-state index contributed by atoms with van der Waals surface area (Å²) in [5.74, 6) is 1.43. The van der Waals surface area contributed by atoms with Gasteiger partial charge in [0.15, 0.2) is 11.5 Å². The van der Waals surface area contributed by atoms with Gasteiger partial charge in [-0.3, -0.25) is 0 Å². The maximum Gasteiger partial charge on any atom is 0.240 e. The second-order valence-electron chi connectivity index (χ2n) is 5.58. The van der Waals surface area contributed by atoms with E-state index in [4.69, 9.17) is 9.47 Å². The SMILES string of the molecule is Cc1ccc(S(=O)(=O)NCCc2ccc3c(c2)OCO3)cc1C. The lowest BCUT2D eigenvalue weighted by molar-refractivity contribution is 0.174. The lowest BCUT2D eigenvalue weighted by Gasteiger charge is -2.09. The second kappa shape index (κ2) is 6.22. The van der Waals surface area contributed by atoms with Crippen LogP contribution in [-0.2, 0) is 16.4 Å². The van der Waals surface area contributed by atoms with Crippen molar-refractivity contribution in [3.63, 3.8) is 0 Å². The molecule has 0 unspecified atom stereocenters. The average molecular weight is 333 g/mol. The van der Waals surface area contributed by atoms with E-state index in [-0.39, 0.29) is 6.79 Å². The van der Waals surface area contributed by atoms with E-state index in [0.717, 1.165) is 22.4 Å². The molecule has 3 rings (SSSR count). The molecule has 0 radical (unpaired) electrons. The van der Waals surface area contributed by atoms with Crippen molar-refractivity contribution >= 4 is 10.0 Å². The molecule has 6 heteroatoms. The van der Waals surface area contributed by atoms with Crippen LogP contribution in [0.25, 0.3) is 0 Å². The van der Waals surface area contributed by atoms with Crippen LogP contribution in [0.2, 0.25) is 0 Å². The Morgan fingerprint density at radius 2 is 1.78 bits per heavy atom. The number of hydrogen-bond donors (Lipinski definition) is 1. The molecule has 0 saturated carbocycles. The van der Waals surface area contributed by atoms with Gasteiger partial charge in [0.2, 0.25) is 16.8 Å². The Bertz CT molecular complexity index is 830. The molecule has 1 aliphatic rings. The van der Waals surface area contributed by atoms with Crippen molar-refractivity contribution in [2.24, 2.45) is 0 Å². The van der Waals surface area contributed by atoms with Crippen LogP contribution < -0.4 is 14.2 Å². The van der Waals surface area contributed by atoms with Gasteiger partial charge in [0, 0.05) is 6.54 Å². The van der Waals surface area contributed by atoms with Gasteiger partial charge in [0.1, 0.15) is 0 Å². The Balaban J connectivity index is 1.64. The summed E-state index contributed by atoms with van der Waals surface area (Å²) < 4.78 is 37.8. The lowest BCUT2D eigenvalue weighted by Crippen LogP contribution is -2.26. The topological polar surface area (TPSA) is 64.6 Å². The minimum Gasteiger partial charge on any atom is -0.454 e. The standard InChI is InChI=1S/C17H19NO4S/c1-12-3-5-15(9-13(12)2)23(19,20)18-8-7-14-4-6-16-17(10-14)22-11-21-16/h3-6,9-10,18H,7-8,11H2,1-2H3. The number of rotatable bonds is 5. The summed E-state index contributed by atoms with van der Waals surface area (Å²) in [5, 5.41) is 0. The van der Waals surface area contributed by atoms with Gasteiger partial charge in [-0.2, -0.15) is 0 Å². The number of sulfonamides is 1. The molecule has 122 valence electrons. The minimum atomic E-state index is -3.49. The first-order valence-electron chi connectivity index (χ1n) is 7.41. The molecule has 0 fully saturated rings. The van der Waals surface area contributed by atoms with Crippen molar-refractivity contribution in [1.82, 2.24) is 4.72 Å². The maximum absolute atomic E-state index is 12.3. The molecule has 5 nitrogen and oxygen atoms in total. The first-order valence-corrected chi connectivity index (χ1v) is 8.89. The summed E-state index contributed by atoms with van der Waals surface area (Å²) in [4.78, 5) is 0.297. The maximum atomic E-state index is 12.3. The molecule has 0 saturated heterocycles. The average Bonchev–Trinajstić information content (AvgIpc) is 2.97. The monoisotopic (exact) mass is 333 g/mol. The third kappa shape index (κ3) is 3.48. The Morgan fingerprint density at radius 1 is 1.00 bits per heavy atom. The smallest absolute Gasteiger partial charge is 0.240 e. The normalized spacial score (nSPS) is 13.3. The van der Waals surface area contributed by atoms with Gasteiger partial charge in [-0.25, -0.2) is 13.1 Å². The molecule has 23 heavy (non-hydrogen) atoms. The third-order valence-corrected chi connectivity index (χ3v) is 5.39. The molecule has 0 spiro atoms. The summed E-state index contributed by atoms with van der Waals surface area (Å²) in [6, 6.07) is 10.8. The van der Waals surface area contributed by atoms with Gasteiger partial charge in [-0.1, -0.05) is 12.1 Å². The summed E-state index contributed by atoms with van der Waals surface area (Å²) in [6.45, 7) is 4.42. The van der Waals surface area contributed by atoms with Gasteiger partial charge < -0.3 is 9.47 Å². The highest BCUT2D eigenvalue weighted by atomic mass is 32.2. The van der Waals surface area contributed by atoms with Gasteiger partial charge >= 0.3 is 0 Å². The summed E-state index contributed by atoms with van der Waals surface area (Å²) in [5.41, 5.74) is 3.03. The molecular weight excluding hydrogens is 314 g/mol. The van der Waals surface area contributed by atoms with Gasteiger partial charge in [-0.15, -0.1) is 0 Å². The molecule has 1 heterocycles. The minimum absolute atomic E-state index is 0.234. The van der Waals surface area contributed by atoms with E-state index in [1.54, 1.807) is 12.1 Å². The molecule has 2 aromatic rings. The Morgan fingerprint density at radius 3 is 2.57 bits per heavy atom. The van der Waals surface area contributed by atoms with Crippen molar-refractivity contribution in [3.8, 4) is 11.5 Å². The predicted molar refractivity (Wildman–Crippen MR) is 87.4 cm³/mol. The quantitative estimate of drug-likeness (QED) is 0.913. The number of hydrogen-bond acceptors (Lipinski definition) is 4.